The monoisotopic (exact) mass is 448 g/mol. The first-order valence-electron chi connectivity index (χ1n) is 9.94. The van der Waals surface area contributed by atoms with Crippen LogP contribution in [0, 0.1) is 5.41 Å². The number of pyridine rings is 1. The Labute approximate surface area is 180 Å². The Morgan fingerprint density at radius 2 is 2.10 bits per heavy atom. The van der Waals surface area contributed by atoms with Crippen LogP contribution in [0.2, 0.25) is 0 Å². The highest BCUT2D eigenvalue weighted by molar-refractivity contribution is 7.12. The fourth-order valence-electron chi connectivity index (χ4n) is 4.50. The van der Waals surface area contributed by atoms with Crippen LogP contribution in [-0.4, -0.2) is 44.3 Å². The summed E-state index contributed by atoms with van der Waals surface area (Å²) in [7, 11) is 0. The molecule has 0 unspecified atom stereocenters. The maximum absolute atomic E-state index is 13.2. The molecule has 0 aromatic carbocycles. The van der Waals surface area contributed by atoms with Gasteiger partial charge in [-0.15, -0.1) is 10.2 Å². The fourth-order valence-corrected chi connectivity index (χ4v) is 5.01. The van der Waals surface area contributed by atoms with Crippen molar-refractivity contribution < 1.29 is 17.9 Å². The lowest BCUT2D eigenvalue weighted by Crippen LogP contribution is -2.54. The maximum atomic E-state index is 13.2. The molecule has 1 saturated carbocycles. The summed E-state index contributed by atoms with van der Waals surface area (Å²) >= 11 is 1.41. The highest BCUT2D eigenvalue weighted by Gasteiger charge is 2.49. The quantitative estimate of drug-likeness (QED) is 0.591. The number of anilines is 1. The predicted molar refractivity (Wildman–Crippen MR) is 108 cm³/mol. The third-order valence-corrected chi connectivity index (χ3v) is 6.55. The molecular formula is C20H19F3N6OS. The molecule has 0 amide bonds. The van der Waals surface area contributed by atoms with E-state index in [-0.39, 0.29) is 17.3 Å². The van der Waals surface area contributed by atoms with Gasteiger partial charge in [0.05, 0.1) is 12.4 Å². The van der Waals surface area contributed by atoms with Gasteiger partial charge >= 0.3 is 6.18 Å². The Morgan fingerprint density at radius 3 is 2.87 bits per heavy atom. The molecule has 0 N–H and O–H groups in total. The second-order valence-electron chi connectivity index (χ2n) is 8.03. The van der Waals surface area contributed by atoms with E-state index in [1.807, 2.05) is 0 Å². The SMILES string of the molecule is FC(F)(F)c1ncccc1OC1CC2(CCCN(c3cncc(-c4nncs4)n3)C2)C1. The fraction of sp³-hybridized carbons (Fsp3) is 0.450. The molecule has 0 atom stereocenters. The Hall–Kier alpha value is -2.82. The standard InChI is InChI=1S/C20H19F3N6OS/c21-20(22,23)17-15(3-1-5-25-17)30-13-7-19(8-13)4-2-6-29(11-19)16-10-24-9-14(27-16)18-28-26-12-31-18/h1,3,5,9-10,12-13H,2,4,6-8,11H2. The molecule has 2 aliphatic rings. The lowest BCUT2D eigenvalue weighted by atomic mass is 9.62. The van der Waals surface area contributed by atoms with Crippen LogP contribution in [-0.2, 0) is 6.18 Å². The van der Waals surface area contributed by atoms with Gasteiger partial charge in [-0.3, -0.25) is 4.98 Å². The van der Waals surface area contributed by atoms with Crippen molar-refractivity contribution in [2.75, 3.05) is 18.0 Å². The van der Waals surface area contributed by atoms with Crippen LogP contribution < -0.4 is 9.64 Å². The zero-order chi connectivity index (χ0) is 21.5. The maximum Gasteiger partial charge on any atom is 0.437 e. The molecule has 11 heteroatoms. The van der Waals surface area contributed by atoms with Gasteiger partial charge in [0.2, 0.25) is 0 Å². The van der Waals surface area contributed by atoms with Crippen molar-refractivity contribution in [2.45, 2.75) is 38.0 Å². The number of ether oxygens (including phenoxy) is 1. The molecule has 3 aromatic heterocycles. The molecule has 1 aliphatic heterocycles. The normalized spacial score (nSPS) is 23.6. The van der Waals surface area contributed by atoms with E-state index in [1.165, 1.54) is 23.5 Å². The van der Waals surface area contributed by atoms with E-state index in [0.29, 0.717) is 18.5 Å². The van der Waals surface area contributed by atoms with E-state index >= 15 is 0 Å². The molecule has 2 fully saturated rings. The second kappa shape index (κ2) is 7.70. The van der Waals surface area contributed by atoms with Gasteiger partial charge in [-0.05, 0) is 43.2 Å². The summed E-state index contributed by atoms with van der Waals surface area (Å²) in [6, 6.07) is 2.80. The van der Waals surface area contributed by atoms with E-state index in [4.69, 9.17) is 9.72 Å². The number of hydrogen-bond acceptors (Lipinski definition) is 8. The second-order valence-corrected chi connectivity index (χ2v) is 8.86. The average molecular weight is 448 g/mol. The number of nitrogens with zero attached hydrogens (tertiary/aromatic N) is 6. The zero-order valence-electron chi connectivity index (χ0n) is 16.4. The minimum atomic E-state index is -4.53. The van der Waals surface area contributed by atoms with Crippen molar-refractivity contribution in [1.82, 2.24) is 25.1 Å². The molecule has 1 saturated heterocycles. The first-order valence-corrected chi connectivity index (χ1v) is 10.8. The average Bonchev–Trinajstić information content (AvgIpc) is 3.28. The summed E-state index contributed by atoms with van der Waals surface area (Å²) < 4.78 is 45.2. The molecule has 4 heterocycles. The van der Waals surface area contributed by atoms with Crippen LogP contribution in [0.3, 0.4) is 0 Å². The third kappa shape index (κ3) is 4.06. The number of rotatable bonds is 4. The number of aromatic nitrogens is 5. The van der Waals surface area contributed by atoms with Crippen molar-refractivity contribution in [2.24, 2.45) is 5.41 Å². The lowest BCUT2D eigenvalue weighted by molar-refractivity contribution is -0.144. The number of alkyl halides is 3. The van der Waals surface area contributed by atoms with Crippen LogP contribution >= 0.6 is 11.3 Å². The summed E-state index contributed by atoms with van der Waals surface area (Å²) in [5, 5.41) is 8.61. The van der Waals surface area contributed by atoms with E-state index in [9.17, 15) is 13.2 Å². The lowest BCUT2D eigenvalue weighted by Gasteiger charge is -2.52. The van der Waals surface area contributed by atoms with Gasteiger partial charge in [0.15, 0.2) is 16.5 Å². The largest absolute Gasteiger partial charge is 0.488 e. The van der Waals surface area contributed by atoms with Crippen LogP contribution in [0.4, 0.5) is 19.0 Å². The molecule has 0 radical (unpaired) electrons. The summed E-state index contributed by atoms with van der Waals surface area (Å²) in [5.41, 5.74) is 1.39. The van der Waals surface area contributed by atoms with Gasteiger partial charge in [-0.25, -0.2) is 9.97 Å². The topological polar surface area (TPSA) is 76.9 Å². The first-order chi connectivity index (χ1) is 14.9. The number of halogens is 3. The van der Waals surface area contributed by atoms with E-state index in [2.05, 4.69) is 25.1 Å². The van der Waals surface area contributed by atoms with Gasteiger partial charge in [0.25, 0.3) is 0 Å². The zero-order valence-corrected chi connectivity index (χ0v) is 17.2. The Morgan fingerprint density at radius 1 is 1.23 bits per heavy atom. The molecule has 0 bridgehead atoms. The molecule has 5 rings (SSSR count). The van der Waals surface area contributed by atoms with Gasteiger partial charge in [0.1, 0.15) is 23.1 Å². The minimum absolute atomic E-state index is 0.0178. The molecule has 1 spiro atoms. The van der Waals surface area contributed by atoms with Crippen molar-refractivity contribution >= 4 is 17.2 Å². The molecule has 162 valence electrons. The van der Waals surface area contributed by atoms with E-state index in [1.54, 1.807) is 17.9 Å². The summed E-state index contributed by atoms with van der Waals surface area (Å²) in [4.78, 5) is 14.7. The van der Waals surface area contributed by atoms with Crippen LogP contribution in [0.15, 0.2) is 36.2 Å². The van der Waals surface area contributed by atoms with Gasteiger partial charge < -0.3 is 9.64 Å². The summed E-state index contributed by atoms with van der Waals surface area (Å²) in [6.07, 6.45) is 3.18. The highest BCUT2D eigenvalue weighted by Crippen LogP contribution is 2.50. The molecule has 7 nitrogen and oxygen atoms in total. The van der Waals surface area contributed by atoms with Gasteiger partial charge in [-0.2, -0.15) is 13.2 Å². The minimum Gasteiger partial charge on any atom is -0.488 e. The Kier molecular flexibility index (Phi) is 4.99. The number of piperidine rings is 1. The van der Waals surface area contributed by atoms with Gasteiger partial charge in [-0.1, -0.05) is 11.3 Å². The van der Waals surface area contributed by atoms with Crippen molar-refractivity contribution in [3.63, 3.8) is 0 Å². The molecular weight excluding hydrogens is 429 g/mol. The van der Waals surface area contributed by atoms with Crippen molar-refractivity contribution in [1.29, 1.82) is 0 Å². The van der Waals surface area contributed by atoms with E-state index in [0.717, 1.165) is 43.0 Å². The van der Waals surface area contributed by atoms with Crippen LogP contribution in [0.1, 0.15) is 31.4 Å². The van der Waals surface area contributed by atoms with Crippen LogP contribution in [0.25, 0.3) is 10.7 Å². The van der Waals surface area contributed by atoms with Gasteiger partial charge in [0, 0.05) is 19.3 Å². The van der Waals surface area contributed by atoms with Crippen molar-refractivity contribution in [3.8, 4) is 16.5 Å². The Balaban J connectivity index is 1.26. The van der Waals surface area contributed by atoms with Crippen molar-refractivity contribution in [3.05, 3.63) is 41.9 Å². The predicted octanol–water partition coefficient (Wildman–Crippen LogP) is 4.24. The molecule has 3 aromatic rings. The number of hydrogen-bond donors (Lipinski definition) is 0. The molecule has 31 heavy (non-hydrogen) atoms. The van der Waals surface area contributed by atoms with Crippen LogP contribution in [0.5, 0.6) is 5.75 Å². The first kappa shape index (κ1) is 20.1. The summed E-state index contributed by atoms with van der Waals surface area (Å²) in [6.45, 7) is 1.64. The smallest absolute Gasteiger partial charge is 0.437 e. The van der Waals surface area contributed by atoms with E-state index < -0.39 is 11.9 Å². The summed E-state index contributed by atoms with van der Waals surface area (Å²) in [5.74, 6) is 0.584. The molecule has 1 aliphatic carbocycles. The third-order valence-electron chi connectivity index (χ3n) is 5.84. The highest BCUT2D eigenvalue weighted by atomic mass is 32.1. The Bertz CT molecular complexity index is 1060.